The fourth-order valence-corrected chi connectivity index (χ4v) is 4.09. The van der Waals surface area contributed by atoms with Gasteiger partial charge in [0.1, 0.15) is 5.82 Å². The predicted molar refractivity (Wildman–Crippen MR) is 125 cm³/mol. The van der Waals surface area contributed by atoms with E-state index in [0.717, 1.165) is 56.4 Å². The van der Waals surface area contributed by atoms with E-state index in [4.69, 9.17) is 11.6 Å². The average molecular weight is 521 g/mol. The number of aromatic nitrogens is 2. The first-order valence-corrected chi connectivity index (χ1v) is 10.1. The Morgan fingerprint density at radius 2 is 2.33 bits per heavy atom. The second-order valence-electron chi connectivity index (χ2n) is 6.37. The molecule has 0 amide bonds. The molecule has 0 aromatic carbocycles. The summed E-state index contributed by atoms with van der Waals surface area (Å²) in [7, 11) is 1.81. The van der Waals surface area contributed by atoms with Gasteiger partial charge in [0.25, 0.3) is 0 Å². The highest BCUT2D eigenvalue weighted by atomic mass is 127. The number of nitrogens with one attached hydrogen (secondary N) is 2. The number of thiazole rings is 1. The fraction of sp³-hybridized carbons (Fsp3) is 0.500. The number of halogens is 2. The monoisotopic (exact) mass is 520 g/mol. The third-order valence-corrected chi connectivity index (χ3v) is 5.64. The van der Waals surface area contributed by atoms with Gasteiger partial charge in [-0.3, -0.25) is 4.99 Å². The van der Waals surface area contributed by atoms with Gasteiger partial charge in [0.15, 0.2) is 5.96 Å². The highest BCUT2D eigenvalue weighted by Gasteiger charge is 2.25. The van der Waals surface area contributed by atoms with Crippen LogP contribution in [0.15, 0.2) is 28.7 Å². The lowest BCUT2D eigenvalue weighted by Crippen LogP contribution is -2.45. The molecule has 1 aliphatic rings. The fourth-order valence-electron chi connectivity index (χ4n) is 3.03. The Hall–Kier alpha value is -1.13. The molecule has 2 N–H and O–H groups in total. The molecular formula is C18H26ClIN6S. The Bertz CT molecular complexity index is 753. The molecule has 1 fully saturated rings. The molecule has 148 valence electrons. The molecule has 27 heavy (non-hydrogen) atoms. The molecule has 0 saturated carbocycles. The van der Waals surface area contributed by atoms with Gasteiger partial charge < -0.3 is 15.5 Å². The number of hydrogen-bond acceptors (Lipinski definition) is 5. The van der Waals surface area contributed by atoms with Crippen molar-refractivity contribution in [1.82, 2.24) is 20.6 Å². The van der Waals surface area contributed by atoms with Crippen LogP contribution in [0.1, 0.15) is 23.5 Å². The SMILES string of the molecule is CN=C(NCCCc1nc(C)cs1)NC1CCN(c2ncccc2Cl)C1.I. The van der Waals surface area contributed by atoms with Gasteiger partial charge in [-0.15, -0.1) is 35.3 Å². The number of anilines is 1. The molecular weight excluding hydrogens is 495 g/mol. The lowest BCUT2D eigenvalue weighted by atomic mass is 10.3. The van der Waals surface area contributed by atoms with Crippen molar-refractivity contribution >= 4 is 58.7 Å². The normalized spacial score (nSPS) is 16.9. The second-order valence-corrected chi connectivity index (χ2v) is 7.72. The van der Waals surface area contributed by atoms with E-state index in [1.54, 1.807) is 17.5 Å². The van der Waals surface area contributed by atoms with Crippen molar-refractivity contribution in [3.05, 3.63) is 39.4 Å². The Morgan fingerprint density at radius 3 is 3.04 bits per heavy atom. The Balaban J connectivity index is 0.00000261. The van der Waals surface area contributed by atoms with Gasteiger partial charge in [-0.25, -0.2) is 9.97 Å². The quantitative estimate of drug-likeness (QED) is 0.264. The summed E-state index contributed by atoms with van der Waals surface area (Å²) in [6, 6.07) is 4.08. The molecule has 1 saturated heterocycles. The molecule has 2 aromatic heterocycles. The summed E-state index contributed by atoms with van der Waals surface area (Å²) in [6.45, 7) is 4.72. The van der Waals surface area contributed by atoms with Gasteiger partial charge in [0, 0.05) is 56.4 Å². The molecule has 9 heteroatoms. The van der Waals surface area contributed by atoms with Crippen molar-refractivity contribution in [2.24, 2.45) is 4.99 Å². The second kappa shape index (κ2) is 11.0. The van der Waals surface area contributed by atoms with Crippen LogP contribution in [0.2, 0.25) is 5.02 Å². The maximum atomic E-state index is 6.26. The molecule has 3 rings (SSSR count). The zero-order valence-corrected chi connectivity index (χ0v) is 19.5. The summed E-state index contributed by atoms with van der Waals surface area (Å²) >= 11 is 7.99. The number of aryl methyl sites for hydroxylation is 2. The summed E-state index contributed by atoms with van der Waals surface area (Å²) in [5.41, 5.74) is 1.11. The van der Waals surface area contributed by atoms with Crippen LogP contribution >= 0.6 is 46.9 Å². The number of nitrogens with zero attached hydrogens (tertiary/aromatic N) is 4. The van der Waals surface area contributed by atoms with Crippen molar-refractivity contribution in [2.45, 2.75) is 32.2 Å². The standard InChI is InChI=1S/C18H25ClN6S.HI/c1-13-12-26-16(23-13)6-4-9-22-18(20-2)24-14-7-10-25(11-14)17-15(19)5-3-8-21-17;/h3,5,8,12,14H,4,6-7,9-11H2,1-2H3,(H2,20,22,24);1H. The van der Waals surface area contributed by atoms with Crippen LogP contribution in [0.25, 0.3) is 0 Å². The van der Waals surface area contributed by atoms with Gasteiger partial charge >= 0.3 is 0 Å². The van der Waals surface area contributed by atoms with Gasteiger partial charge in [-0.05, 0) is 31.9 Å². The summed E-state index contributed by atoms with van der Waals surface area (Å²) in [6.07, 6.45) is 4.85. The number of guanidine groups is 1. The van der Waals surface area contributed by atoms with E-state index in [1.807, 2.05) is 26.1 Å². The lowest BCUT2D eigenvalue weighted by molar-refractivity contribution is 0.642. The Morgan fingerprint density at radius 1 is 1.48 bits per heavy atom. The van der Waals surface area contributed by atoms with Gasteiger partial charge in [0.05, 0.1) is 10.0 Å². The molecule has 1 aliphatic heterocycles. The highest BCUT2D eigenvalue weighted by molar-refractivity contribution is 14.0. The smallest absolute Gasteiger partial charge is 0.191 e. The minimum Gasteiger partial charge on any atom is -0.356 e. The maximum absolute atomic E-state index is 6.26. The summed E-state index contributed by atoms with van der Waals surface area (Å²) in [5.74, 6) is 1.71. The molecule has 1 atom stereocenters. The predicted octanol–water partition coefficient (Wildman–Crippen LogP) is 3.49. The van der Waals surface area contributed by atoms with E-state index in [2.05, 4.69) is 35.9 Å². The minimum atomic E-state index is 0. The van der Waals surface area contributed by atoms with E-state index >= 15 is 0 Å². The molecule has 1 unspecified atom stereocenters. The van der Waals surface area contributed by atoms with E-state index in [-0.39, 0.29) is 24.0 Å². The first-order chi connectivity index (χ1) is 12.7. The molecule has 0 spiro atoms. The van der Waals surface area contributed by atoms with Crippen molar-refractivity contribution in [3.63, 3.8) is 0 Å². The average Bonchev–Trinajstić information content (AvgIpc) is 3.27. The maximum Gasteiger partial charge on any atom is 0.191 e. The molecule has 6 nitrogen and oxygen atoms in total. The zero-order chi connectivity index (χ0) is 18.4. The van der Waals surface area contributed by atoms with Crippen molar-refractivity contribution in [1.29, 1.82) is 0 Å². The number of aliphatic imine (C=N–C) groups is 1. The van der Waals surface area contributed by atoms with E-state index in [1.165, 1.54) is 5.01 Å². The number of rotatable bonds is 6. The molecule has 0 bridgehead atoms. The third kappa shape index (κ3) is 6.46. The first kappa shape index (κ1) is 22.2. The summed E-state index contributed by atoms with van der Waals surface area (Å²) in [5, 5.41) is 10.9. The summed E-state index contributed by atoms with van der Waals surface area (Å²) < 4.78 is 0. The van der Waals surface area contributed by atoms with Crippen LogP contribution in [-0.2, 0) is 6.42 Å². The van der Waals surface area contributed by atoms with Crippen LogP contribution in [-0.4, -0.2) is 48.7 Å². The molecule has 3 heterocycles. The number of hydrogen-bond donors (Lipinski definition) is 2. The van der Waals surface area contributed by atoms with E-state index < -0.39 is 0 Å². The van der Waals surface area contributed by atoms with Crippen LogP contribution < -0.4 is 15.5 Å². The Labute approximate surface area is 186 Å². The van der Waals surface area contributed by atoms with Crippen LogP contribution in [0.4, 0.5) is 5.82 Å². The number of pyridine rings is 1. The molecule has 0 radical (unpaired) electrons. The zero-order valence-electron chi connectivity index (χ0n) is 15.6. The van der Waals surface area contributed by atoms with Crippen LogP contribution in [0, 0.1) is 6.92 Å². The topological polar surface area (TPSA) is 65.4 Å². The minimum absolute atomic E-state index is 0. The molecule has 2 aromatic rings. The largest absolute Gasteiger partial charge is 0.356 e. The van der Waals surface area contributed by atoms with Gasteiger partial charge in [-0.2, -0.15) is 0 Å². The van der Waals surface area contributed by atoms with Crippen molar-refractivity contribution < 1.29 is 0 Å². The van der Waals surface area contributed by atoms with Gasteiger partial charge in [0.2, 0.25) is 0 Å². The highest BCUT2D eigenvalue weighted by Crippen LogP contribution is 2.25. The van der Waals surface area contributed by atoms with Crippen LogP contribution in [0.5, 0.6) is 0 Å². The lowest BCUT2D eigenvalue weighted by Gasteiger charge is -2.20. The first-order valence-electron chi connectivity index (χ1n) is 8.89. The van der Waals surface area contributed by atoms with E-state index in [0.29, 0.717) is 11.1 Å². The summed E-state index contributed by atoms with van der Waals surface area (Å²) in [4.78, 5) is 15.5. The van der Waals surface area contributed by atoms with E-state index in [9.17, 15) is 0 Å². The molecule has 0 aliphatic carbocycles. The van der Waals surface area contributed by atoms with Crippen molar-refractivity contribution in [2.75, 3.05) is 31.6 Å². The Kier molecular flexibility index (Phi) is 9.04. The van der Waals surface area contributed by atoms with Crippen molar-refractivity contribution in [3.8, 4) is 0 Å². The van der Waals surface area contributed by atoms with Gasteiger partial charge in [-0.1, -0.05) is 11.6 Å². The van der Waals surface area contributed by atoms with Crippen LogP contribution in [0.3, 0.4) is 0 Å². The third-order valence-electron chi connectivity index (χ3n) is 4.32.